The minimum Gasteiger partial charge on any atom is -0.240 e. The van der Waals surface area contributed by atoms with Crippen LogP contribution >= 0.6 is 0 Å². The first-order valence-corrected chi connectivity index (χ1v) is 3.77. The normalized spacial score (nSPS) is 9.42. The molecule has 0 aromatic carbocycles. The van der Waals surface area contributed by atoms with Gasteiger partial charge in [0.05, 0.1) is 17.3 Å². The van der Waals surface area contributed by atoms with Gasteiger partial charge >= 0.3 is 0 Å². The van der Waals surface area contributed by atoms with Gasteiger partial charge in [0.2, 0.25) is 0 Å². The van der Waals surface area contributed by atoms with Crippen LogP contribution in [0.15, 0.2) is 30.6 Å². The Morgan fingerprint density at radius 2 is 2.33 bits per heavy atom. The molecule has 0 amide bonds. The smallest absolute Gasteiger partial charge is 0.0818 e. The van der Waals surface area contributed by atoms with Gasteiger partial charge in [-0.3, -0.25) is 0 Å². The Labute approximate surface area is 70.8 Å². The van der Waals surface area contributed by atoms with E-state index in [1.165, 1.54) is 0 Å². The second-order valence-corrected chi connectivity index (χ2v) is 2.46. The van der Waals surface area contributed by atoms with Crippen LogP contribution in [0, 0.1) is 11.8 Å². The fraction of sp³-hybridized carbons (Fsp3) is 0.100. The molecule has 2 rings (SSSR count). The molecule has 0 saturated carbocycles. The number of rotatable bonds is 0. The lowest BCUT2D eigenvalue weighted by Crippen LogP contribution is -1.82. The van der Waals surface area contributed by atoms with Gasteiger partial charge in [0.15, 0.2) is 0 Å². The van der Waals surface area contributed by atoms with Gasteiger partial charge in [0, 0.05) is 6.20 Å². The fourth-order valence-corrected chi connectivity index (χ4v) is 1.17. The van der Waals surface area contributed by atoms with Crippen LogP contribution in [0.3, 0.4) is 0 Å². The highest BCUT2D eigenvalue weighted by atomic mass is 15.2. The van der Waals surface area contributed by atoms with Gasteiger partial charge in [-0.05, 0) is 19.1 Å². The predicted octanol–water partition coefficient (Wildman–Crippen LogP) is 1.71. The molecule has 0 unspecified atom stereocenters. The first-order chi connectivity index (χ1) is 5.92. The molecule has 0 bridgehead atoms. The van der Waals surface area contributed by atoms with Gasteiger partial charge in [-0.15, -0.1) is 5.92 Å². The van der Waals surface area contributed by atoms with Gasteiger partial charge < -0.3 is 0 Å². The second-order valence-electron chi connectivity index (χ2n) is 2.46. The molecule has 2 aromatic heterocycles. The number of aromatic nitrogens is 2. The third kappa shape index (κ3) is 0.960. The number of nitrogens with zero attached hydrogens (tertiary/aromatic N) is 2. The largest absolute Gasteiger partial charge is 0.240 e. The molecule has 2 aromatic rings. The van der Waals surface area contributed by atoms with Crippen molar-refractivity contribution in [3.05, 3.63) is 36.2 Å². The topological polar surface area (TPSA) is 17.3 Å². The summed E-state index contributed by atoms with van der Waals surface area (Å²) in [6, 6.07) is 5.94. The van der Waals surface area contributed by atoms with Gasteiger partial charge in [-0.1, -0.05) is 12.0 Å². The van der Waals surface area contributed by atoms with Gasteiger partial charge in [0.25, 0.3) is 0 Å². The minimum absolute atomic E-state index is 0.984. The summed E-state index contributed by atoms with van der Waals surface area (Å²) >= 11 is 0. The average molecular weight is 156 g/mol. The molecule has 2 heteroatoms. The second kappa shape index (κ2) is 2.71. The highest BCUT2D eigenvalue weighted by molar-refractivity contribution is 5.60. The van der Waals surface area contributed by atoms with E-state index in [9.17, 15) is 0 Å². The molecule has 0 atom stereocenters. The third-order valence-electron chi connectivity index (χ3n) is 1.69. The van der Waals surface area contributed by atoms with Crippen molar-refractivity contribution in [1.82, 2.24) is 9.61 Å². The van der Waals surface area contributed by atoms with E-state index in [1.54, 1.807) is 6.20 Å². The van der Waals surface area contributed by atoms with E-state index in [4.69, 9.17) is 0 Å². The Morgan fingerprint density at radius 1 is 1.42 bits per heavy atom. The van der Waals surface area contributed by atoms with E-state index in [2.05, 4.69) is 16.9 Å². The van der Waals surface area contributed by atoms with Crippen molar-refractivity contribution in [2.24, 2.45) is 0 Å². The zero-order chi connectivity index (χ0) is 8.39. The van der Waals surface area contributed by atoms with Crippen LogP contribution in [0.4, 0.5) is 0 Å². The molecule has 0 N–H and O–H groups in total. The van der Waals surface area contributed by atoms with Crippen LogP contribution < -0.4 is 0 Å². The monoisotopic (exact) mass is 156 g/mol. The summed E-state index contributed by atoms with van der Waals surface area (Å²) in [5.41, 5.74) is 2.05. The van der Waals surface area contributed by atoms with E-state index in [0.29, 0.717) is 0 Å². The third-order valence-corrected chi connectivity index (χ3v) is 1.69. The summed E-state index contributed by atoms with van der Waals surface area (Å²) in [5, 5.41) is 4.15. The Bertz CT molecular complexity index is 457. The first-order valence-electron chi connectivity index (χ1n) is 3.77. The van der Waals surface area contributed by atoms with Crippen molar-refractivity contribution >= 4 is 5.52 Å². The molecule has 2 heterocycles. The maximum atomic E-state index is 4.15. The van der Waals surface area contributed by atoms with E-state index >= 15 is 0 Å². The number of fused-ring (bicyclic) bond motifs is 1. The summed E-state index contributed by atoms with van der Waals surface area (Å²) in [6.07, 6.45) is 3.70. The molecular weight excluding hydrogens is 148 g/mol. The SMILES string of the molecule is CC#Cc1cnn2ccccc12. The van der Waals surface area contributed by atoms with E-state index in [1.807, 2.05) is 35.8 Å². The van der Waals surface area contributed by atoms with Crippen molar-refractivity contribution in [2.75, 3.05) is 0 Å². The van der Waals surface area contributed by atoms with Gasteiger partial charge in [0.1, 0.15) is 0 Å². The predicted molar refractivity (Wildman–Crippen MR) is 47.7 cm³/mol. The van der Waals surface area contributed by atoms with Gasteiger partial charge in [-0.25, -0.2) is 4.52 Å². The number of pyridine rings is 1. The quantitative estimate of drug-likeness (QED) is 0.531. The van der Waals surface area contributed by atoms with E-state index in [0.717, 1.165) is 11.1 Å². The van der Waals surface area contributed by atoms with E-state index < -0.39 is 0 Å². The molecule has 2 nitrogen and oxygen atoms in total. The zero-order valence-electron chi connectivity index (χ0n) is 6.78. The minimum atomic E-state index is 0.984. The van der Waals surface area contributed by atoms with Crippen LogP contribution in [0.2, 0.25) is 0 Å². The molecule has 0 spiro atoms. The number of hydrogen-bond acceptors (Lipinski definition) is 1. The molecule has 0 aliphatic rings. The molecule has 0 aliphatic heterocycles. The first kappa shape index (κ1) is 6.93. The lowest BCUT2D eigenvalue weighted by Gasteiger charge is -1.89. The lowest BCUT2D eigenvalue weighted by atomic mass is 10.3. The highest BCUT2D eigenvalue weighted by Crippen LogP contribution is 2.07. The molecule has 0 radical (unpaired) electrons. The van der Waals surface area contributed by atoms with Crippen molar-refractivity contribution in [1.29, 1.82) is 0 Å². The maximum absolute atomic E-state index is 4.15. The Hall–Kier alpha value is -1.75. The molecular formula is C10H8N2. The maximum Gasteiger partial charge on any atom is 0.0818 e. The highest BCUT2D eigenvalue weighted by Gasteiger charge is 1.97. The summed E-state index contributed by atoms with van der Waals surface area (Å²) in [6.45, 7) is 1.83. The average Bonchev–Trinajstić information content (AvgIpc) is 2.50. The standard InChI is InChI=1S/C10H8N2/c1-2-5-9-8-11-12-7-4-3-6-10(9)12/h3-4,6-8H,1H3. The van der Waals surface area contributed by atoms with Crippen LogP contribution in [0.1, 0.15) is 12.5 Å². The molecule has 0 fully saturated rings. The Kier molecular flexibility index (Phi) is 1.56. The van der Waals surface area contributed by atoms with Crippen molar-refractivity contribution in [3.63, 3.8) is 0 Å². The number of hydrogen-bond donors (Lipinski definition) is 0. The van der Waals surface area contributed by atoms with Crippen LogP contribution in [0.25, 0.3) is 5.52 Å². The van der Waals surface area contributed by atoms with Crippen LogP contribution in [-0.2, 0) is 0 Å². The fourth-order valence-electron chi connectivity index (χ4n) is 1.17. The van der Waals surface area contributed by atoms with Crippen molar-refractivity contribution in [3.8, 4) is 11.8 Å². The summed E-state index contributed by atoms with van der Waals surface area (Å²) < 4.78 is 1.82. The summed E-state index contributed by atoms with van der Waals surface area (Å²) in [5.74, 6) is 5.86. The van der Waals surface area contributed by atoms with Crippen LogP contribution in [-0.4, -0.2) is 9.61 Å². The zero-order valence-corrected chi connectivity index (χ0v) is 6.78. The molecule has 12 heavy (non-hydrogen) atoms. The summed E-state index contributed by atoms with van der Waals surface area (Å²) in [4.78, 5) is 0. The molecule has 58 valence electrons. The van der Waals surface area contributed by atoms with Gasteiger partial charge in [-0.2, -0.15) is 5.10 Å². The Morgan fingerprint density at radius 3 is 3.17 bits per heavy atom. The molecule has 0 saturated heterocycles. The Balaban J connectivity index is 2.76. The van der Waals surface area contributed by atoms with E-state index in [-0.39, 0.29) is 0 Å². The van der Waals surface area contributed by atoms with Crippen molar-refractivity contribution < 1.29 is 0 Å². The van der Waals surface area contributed by atoms with Crippen LogP contribution in [0.5, 0.6) is 0 Å². The van der Waals surface area contributed by atoms with Crippen molar-refractivity contribution in [2.45, 2.75) is 6.92 Å². The molecule has 0 aliphatic carbocycles. The summed E-state index contributed by atoms with van der Waals surface area (Å²) in [7, 11) is 0. The lowest BCUT2D eigenvalue weighted by molar-refractivity contribution is 0.961.